The number of phenols is 1. The number of halogens is 1. The molecule has 4 nitrogen and oxygen atoms in total. The molecule has 2 aromatic carbocycles. The predicted octanol–water partition coefficient (Wildman–Crippen LogP) is 4.90. The summed E-state index contributed by atoms with van der Waals surface area (Å²) in [5.74, 6) is -1.41. The summed E-state index contributed by atoms with van der Waals surface area (Å²) in [4.78, 5) is 12.3. The lowest BCUT2D eigenvalue weighted by atomic mass is 10.0. The molecular formula is C20H19FO4. The molecule has 1 aromatic heterocycles. The van der Waals surface area contributed by atoms with E-state index < -0.39 is 11.8 Å². The Morgan fingerprint density at radius 1 is 1.28 bits per heavy atom. The van der Waals surface area contributed by atoms with Gasteiger partial charge < -0.3 is 14.3 Å². The van der Waals surface area contributed by atoms with Crippen molar-refractivity contribution in [1.29, 1.82) is 0 Å². The van der Waals surface area contributed by atoms with Crippen LogP contribution in [0, 0.1) is 12.7 Å². The van der Waals surface area contributed by atoms with E-state index in [2.05, 4.69) is 0 Å². The van der Waals surface area contributed by atoms with E-state index in [-0.39, 0.29) is 29.1 Å². The maximum Gasteiger partial charge on any atom is 0.374 e. The minimum Gasteiger partial charge on any atom is -0.507 e. The first-order valence-electron chi connectivity index (χ1n) is 8.17. The lowest BCUT2D eigenvalue weighted by Crippen LogP contribution is -2.05. The molecule has 0 atom stereocenters. The van der Waals surface area contributed by atoms with Crippen LogP contribution in [-0.2, 0) is 17.8 Å². The summed E-state index contributed by atoms with van der Waals surface area (Å²) >= 11 is 0. The number of carbonyl (C=O) groups is 1. The first kappa shape index (κ1) is 17.0. The number of ether oxygens (including phenoxy) is 1. The molecule has 130 valence electrons. The normalized spacial score (nSPS) is 11.0. The zero-order valence-electron chi connectivity index (χ0n) is 14.1. The highest BCUT2D eigenvalue weighted by Crippen LogP contribution is 2.37. The Balaban J connectivity index is 1.94. The molecule has 0 amide bonds. The molecule has 0 radical (unpaired) electrons. The van der Waals surface area contributed by atoms with Crippen molar-refractivity contribution in [2.75, 3.05) is 0 Å². The zero-order valence-corrected chi connectivity index (χ0v) is 14.1. The number of fused-ring (bicyclic) bond motifs is 1. The fraction of sp³-hybridized carbons (Fsp3) is 0.250. The molecule has 0 spiro atoms. The number of esters is 1. The third-order valence-corrected chi connectivity index (χ3v) is 4.12. The topological polar surface area (TPSA) is 59.7 Å². The molecular weight excluding hydrogens is 323 g/mol. The van der Waals surface area contributed by atoms with Crippen LogP contribution in [0.4, 0.5) is 4.39 Å². The lowest BCUT2D eigenvalue weighted by Gasteiger charge is -2.05. The van der Waals surface area contributed by atoms with Gasteiger partial charge >= 0.3 is 5.97 Å². The van der Waals surface area contributed by atoms with Gasteiger partial charge in [0.05, 0.1) is 5.39 Å². The van der Waals surface area contributed by atoms with Gasteiger partial charge in [-0.25, -0.2) is 9.18 Å². The second-order valence-electron chi connectivity index (χ2n) is 5.94. The van der Waals surface area contributed by atoms with E-state index in [1.807, 2.05) is 37.3 Å². The summed E-state index contributed by atoms with van der Waals surface area (Å²) in [5.41, 5.74) is 1.59. The monoisotopic (exact) mass is 342 g/mol. The summed E-state index contributed by atoms with van der Waals surface area (Å²) in [7, 11) is 0. The van der Waals surface area contributed by atoms with Crippen LogP contribution in [0.15, 0.2) is 40.8 Å². The van der Waals surface area contributed by atoms with Gasteiger partial charge in [-0.1, -0.05) is 43.7 Å². The van der Waals surface area contributed by atoms with Gasteiger partial charge in [-0.05, 0) is 30.5 Å². The number of rotatable bonds is 5. The number of aromatic hydroxyl groups is 1. The Bertz CT molecular complexity index is 913. The standard InChI is InChI=1S/C20H19FO4/c1-3-7-14-10-15(21)19-16(17(14)22)12(2)18(25-19)20(23)24-11-13-8-5-4-6-9-13/h4-6,8-10,22H,3,7,11H2,1-2H3. The summed E-state index contributed by atoms with van der Waals surface area (Å²) in [5, 5.41) is 10.6. The molecule has 3 rings (SSSR count). The van der Waals surface area contributed by atoms with Crippen LogP contribution >= 0.6 is 0 Å². The Kier molecular flexibility index (Phi) is 4.74. The van der Waals surface area contributed by atoms with Crippen LogP contribution in [0.5, 0.6) is 5.75 Å². The van der Waals surface area contributed by atoms with Gasteiger partial charge in [-0.2, -0.15) is 0 Å². The molecule has 0 unspecified atom stereocenters. The van der Waals surface area contributed by atoms with Crippen molar-refractivity contribution in [2.45, 2.75) is 33.3 Å². The van der Waals surface area contributed by atoms with E-state index in [9.17, 15) is 14.3 Å². The quantitative estimate of drug-likeness (QED) is 0.670. The number of aryl methyl sites for hydroxylation is 2. The Labute approximate surface area is 144 Å². The van der Waals surface area contributed by atoms with Crippen molar-refractivity contribution >= 4 is 16.9 Å². The van der Waals surface area contributed by atoms with Crippen LogP contribution in [-0.4, -0.2) is 11.1 Å². The third-order valence-electron chi connectivity index (χ3n) is 4.12. The van der Waals surface area contributed by atoms with Gasteiger partial charge in [0.25, 0.3) is 0 Å². The summed E-state index contributed by atoms with van der Waals surface area (Å²) in [6.07, 6.45) is 1.30. The average molecular weight is 342 g/mol. The van der Waals surface area contributed by atoms with Crippen molar-refractivity contribution in [2.24, 2.45) is 0 Å². The van der Waals surface area contributed by atoms with E-state index in [0.717, 1.165) is 12.0 Å². The molecule has 0 aliphatic heterocycles. The van der Waals surface area contributed by atoms with E-state index in [0.29, 0.717) is 17.5 Å². The van der Waals surface area contributed by atoms with Crippen LogP contribution in [0.1, 0.15) is 40.6 Å². The maximum absolute atomic E-state index is 14.3. The first-order chi connectivity index (χ1) is 12.0. The van der Waals surface area contributed by atoms with Gasteiger partial charge in [0.1, 0.15) is 12.4 Å². The number of hydrogen-bond acceptors (Lipinski definition) is 4. The number of furan rings is 1. The third kappa shape index (κ3) is 3.22. The highest BCUT2D eigenvalue weighted by atomic mass is 19.1. The van der Waals surface area contributed by atoms with Crippen LogP contribution in [0.2, 0.25) is 0 Å². The Morgan fingerprint density at radius 2 is 2.00 bits per heavy atom. The van der Waals surface area contributed by atoms with Crippen molar-refractivity contribution in [1.82, 2.24) is 0 Å². The molecule has 5 heteroatoms. The first-order valence-corrected chi connectivity index (χ1v) is 8.17. The van der Waals surface area contributed by atoms with Gasteiger partial charge in [-0.15, -0.1) is 0 Å². The second-order valence-corrected chi connectivity index (χ2v) is 5.94. The number of carbonyl (C=O) groups excluding carboxylic acids is 1. The SMILES string of the molecule is CCCc1cc(F)c2oc(C(=O)OCc3ccccc3)c(C)c2c1O. The minimum absolute atomic E-state index is 0.0402. The molecule has 0 fully saturated rings. The molecule has 1 heterocycles. The molecule has 0 bridgehead atoms. The van der Waals surface area contributed by atoms with Gasteiger partial charge in [-0.3, -0.25) is 0 Å². The predicted molar refractivity (Wildman–Crippen MR) is 92.1 cm³/mol. The summed E-state index contributed by atoms with van der Waals surface area (Å²) in [6.45, 7) is 3.64. The molecule has 0 aliphatic rings. The van der Waals surface area contributed by atoms with Crippen LogP contribution in [0.25, 0.3) is 11.0 Å². The molecule has 1 N–H and O–H groups in total. The second kappa shape index (κ2) is 6.97. The molecule has 0 saturated carbocycles. The van der Waals surface area contributed by atoms with Gasteiger partial charge in [0, 0.05) is 5.56 Å². The highest BCUT2D eigenvalue weighted by molar-refractivity contribution is 5.99. The molecule has 3 aromatic rings. The van der Waals surface area contributed by atoms with Crippen molar-refractivity contribution in [3.63, 3.8) is 0 Å². The van der Waals surface area contributed by atoms with E-state index in [1.165, 1.54) is 6.07 Å². The molecule has 0 aliphatic carbocycles. The minimum atomic E-state index is -0.687. The largest absolute Gasteiger partial charge is 0.507 e. The summed E-state index contributed by atoms with van der Waals surface area (Å²) < 4.78 is 24.9. The summed E-state index contributed by atoms with van der Waals surface area (Å²) in [6, 6.07) is 10.5. The highest BCUT2D eigenvalue weighted by Gasteiger charge is 2.25. The zero-order chi connectivity index (χ0) is 18.0. The van der Waals surface area contributed by atoms with E-state index >= 15 is 0 Å². The number of benzene rings is 2. The number of hydrogen-bond donors (Lipinski definition) is 1. The van der Waals surface area contributed by atoms with E-state index in [4.69, 9.17) is 9.15 Å². The maximum atomic E-state index is 14.3. The molecule has 25 heavy (non-hydrogen) atoms. The average Bonchev–Trinajstić information content (AvgIpc) is 2.97. The van der Waals surface area contributed by atoms with Crippen molar-refractivity contribution < 1.29 is 23.4 Å². The Morgan fingerprint density at radius 3 is 2.68 bits per heavy atom. The van der Waals surface area contributed by atoms with E-state index in [1.54, 1.807) is 6.92 Å². The number of phenolic OH excluding ortho intramolecular Hbond substituents is 1. The van der Waals surface area contributed by atoms with Crippen molar-refractivity contribution in [3.05, 3.63) is 64.7 Å². The van der Waals surface area contributed by atoms with Crippen LogP contribution < -0.4 is 0 Å². The fourth-order valence-corrected chi connectivity index (χ4v) is 2.86. The Hall–Kier alpha value is -2.82. The molecule has 0 saturated heterocycles. The smallest absolute Gasteiger partial charge is 0.374 e. The fourth-order valence-electron chi connectivity index (χ4n) is 2.86. The van der Waals surface area contributed by atoms with Crippen molar-refractivity contribution in [3.8, 4) is 5.75 Å². The van der Waals surface area contributed by atoms with Gasteiger partial charge in [0.15, 0.2) is 11.4 Å². The lowest BCUT2D eigenvalue weighted by molar-refractivity contribution is 0.0437. The van der Waals surface area contributed by atoms with Crippen LogP contribution in [0.3, 0.4) is 0 Å². The van der Waals surface area contributed by atoms with Gasteiger partial charge in [0.2, 0.25) is 5.76 Å².